The van der Waals surface area contributed by atoms with Gasteiger partial charge in [-0.15, -0.1) is 0 Å². The smallest absolute Gasteiger partial charge is 0.227 e. The maximum atomic E-state index is 14.7. The van der Waals surface area contributed by atoms with Gasteiger partial charge in [-0.25, -0.2) is 22.8 Å². The van der Waals surface area contributed by atoms with Crippen LogP contribution < -0.4 is 10.2 Å². The van der Waals surface area contributed by atoms with Gasteiger partial charge in [-0.1, -0.05) is 26.0 Å². The van der Waals surface area contributed by atoms with Crippen LogP contribution >= 0.6 is 0 Å². The van der Waals surface area contributed by atoms with Crippen LogP contribution in [0, 0.1) is 5.92 Å². The van der Waals surface area contributed by atoms with Crippen LogP contribution in [0.3, 0.4) is 0 Å². The van der Waals surface area contributed by atoms with Crippen molar-refractivity contribution in [2.45, 2.75) is 63.6 Å². The molecule has 2 aromatic heterocycles. The van der Waals surface area contributed by atoms with Gasteiger partial charge in [-0.3, -0.25) is 0 Å². The van der Waals surface area contributed by atoms with Gasteiger partial charge in [0, 0.05) is 30.6 Å². The van der Waals surface area contributed by atoms with E-state index in [1.165, 1.54) is 24.3 Å². The van der Waals surface area contributed by atoms with Crippen LogP contribution in [-0.4, -0.2) is 65.3 Å². The number of nitrogens with one attached hydrogen (secondary N) is 1. The first-order chi connectivity index (χ1) is 17.9. The van der Waals surface area contributed by atoms with Crippen molar-refractivity contribution in [1.29, 1.82) is 0 Å². The number of aliphatic hydroxyl groups excluding tert-OH is 1. The first-order valence-electron chi connectivity index (χ1n) is 13.2. The number of hydrogen-bond donors (Lipinski definition) is 2. The lowest BCUT2D eigenvalue weighted by atomic mass is 9.71. The molecule has 0 bridgehead atoms. The zero-order chi connectivity index (χ0) is 27.2. The van der Waals surface area contributed by atoms with Crippen molar-refractivity contribution in [3.05, 3.63) is 47.8 Å². The number of aromatic nitrogens is 3. The Bertz CT molecular complexity index is 1440. The maximum Gasteiger partial charge on any atom is 0.227 e. The number of piperidine rings is 1. The Morgan fingerprint density at radius 3 is 2.63 bits per heavy atom. The van der Waals surface area contributed by atoms with Crippen molar-refractivity contribution < 1.29 is 17.9 Å². The average molecular weight is 542 g/mol. The second-order valence-electron chi connectivity index (χ2n) is 11.5. The van der Waals surface area contributed by atoms with Crippen molar-refractivity contribution in [2.24, 2.45) is 5.92 Å². The summed E-state index contributed by atoms with van der Waals surface area (Å²) in [5.41, 5.74) is 0.721. The summed E-state index contributed by atoms with van der Waals surface area (Å²) in [6, 6.07) is 8.15. The van der Waals surface area contributed by atoms with Crippen LogP contribution in [-0.2, 0) is 9.84 Å². The molecule has 5 rings (SSSR count). The lowest BCUT2D eigenvalue weighted by Crippen LogP contribution is -2.52. The quantitative estimate of drug-likeness (QED) is 0.442. The second kappa shape index (κ2) is 10.0. The number of rotatable bonds is 7. The molecule has 1 saturated heterocycles. The van der Waals surface area contributed by atoms with Crippen LogP contribution in [0.15, 0.2) is 36.7 Å². The average Bonchev–Trinajstić information content (AvgIpc) is 2.81. The number of alkyl halides is 1. The van der Waals surface area contributed by atoms with Crippen molar-refractivity contribution in [1.82, 2.24) is 15.0 Å². The molecule has 38 heavy (non-hydrogen) atoms. The van der Waals surface area contributed by atoms with E-state index in [-0.39, 0.29) is 18.2 Å². The van der Waals surface area contributed by atoms with Gasteiger partial charge in [-0.05, 0) is 72.6 Å². The minimum atomic E-state index is -2.97. The first-order valence-corrected chi connectivity index (χ1v) is 15.3. The third-order valence-electron chi connectivity index (χ3n) is 7.85. The highest BCUT2D eigenvalue weighted by atomic mass is 32.2. The molecule has 3 aromatic rings. The van der Waals surface area contributed by atoms with Crippen LogP contribution in [0.4, 0.5) is 22.0 Å². The summed E-state index contributed by atoms with van der Waals surface area (Å²) in [5.74, 6) is 2.73. The highest BCUT2D eigenvalue weighted by molar-refractivity contribution is 7.90. The van der Waals surface area contributed by atoms with Crippen molar-refractivity contribution >= 4 is 38.2 Å². The van der Waals surface area contributed by atoms with Gasteiger partial charge < -0.3 is 15.3 Å². The Hall–Kier alpha value is -2.85. The molecule has 1 aliphatic carbocycles. The maximum absolute atomic E-state index is 14.7. The molecular weight excluding hydrogens is 505 g/mol. The van der Waals surface area contributed by atoms with Crippen LogP contribution in [0.5, 0.6) is 0 Å². The normalized spacial score (nSPS) is 26.0. The first kappa shape index (κ1) is 26.7. The molecule has 204 valence electrons. The van der Waals surface area contributed by atoms with E-state index in [0.29, 0.717) is 42.4 Å². The molecule has 2 fully saturated rings. The van der Waals surface area contributed by atoms with Gasteiger partial charge in [0.1, 0.15) is 21.5 Å². The van der Waals surface area contributed by atoms with Crippen molar-refractivity contribution in [2.75, 3.05) is 35.3 Å². The molecule has 0 spiro atoms. The lowest BCUT2D eigenvalue weighted by molar-refractivity contribution is -0.00860. The molecule has 1 aromatic carbocycles. The molecule has 10 heteroatoms. The number of benzene rings is 1. The summed E-state index contributed by atoms with van der Waals surface area (Å²) in [5, 5.41) is 15.4. The van der Waals surface area contributed by atoms with Crippen LogP contribution in [0.2, 0.25) is 0 Å². The summed E-state index contributed by atoms with van der Waals surface area (Å²) >= 11 is 0. The van der Waals surface area contributed by atoms with Gasteiger partial charge in [0.05, 0.1) is 18.4 Å². The highest BCUT2D eigenvalue weighted by Crippen LogP contribution is 2.45. The van der Waals surface area contributed by atoms with Gasteiger partial charge >= 0.3 is 0 Å². The fraction of sp³-hybridized carbons (Fsp3) is 0.536. The van der Waals surface area contributed by atoms with E-state index < -0.39 is 21.6 Å². The molecule has 8 nitrogen and oxygen atoms in total. The molecule has 1 saturated carbocycles. The van der Waals surface area contributed by atoms with Gasteiger partial charge in [0.2, 0.25) is 5.95 Å². The number of hydrogen-bond acceptors (Lipinski definition) is 8. The zero-order valence-corrected chi connectivity index (χ0v) is 23.2. The third kappa shape index (κ3) is 5.61. The van der Waals surface area contributed by atoms with E-state index in [1.54, 1.807) is 17.2 Å². The number of anilines is 3. The molecule has 2 N–H and O–H groups in total. The van der Waals surface area contributed by atoms with Gasteiger partial charge in [0.15, 0.2) is 5.67 Å². The third-order valence-corrected chi connectivity index (χ3v) is 8.93. The zero-order valence-electron chi connectivity index (χ0n) is 22.4. The van der Waals surface area contributed by atoms with E-state index in [0.717, 1.165) is 23.6 Å². The predicted molar refractivity (Wildman–Crippen MR) is 149 cm³/mol. The minimum Gasteiger partial charge on any atom is -0.390 e. The van der Waals surface area contributed by atoms with Crippen LogP contribution in [0.1, 0.15) is 63.0 Å². The van der Waals surface area contributed by atoms with Gasteiger partial charge in [0.25, 0.3) is 0 Å². The molecule has 3 heterocycles. The Labute approximate surface area is 223 Å². The standard InChI is InChI=1S/C28H36FN5O3S/c1-17(2)20-5-6-21(19-11-18(12-19)15-38(4,36)37)23-14-31-26(13-22(20)23)32-25-7-9-30-27(33-25)34-10-8-24(35)28(3,29)16-34/h5-7,9,13-14,17-19,24,35H,8,10-12,15-16H2,1-4H3,(H,30,31,32,33)/t18?,19?,24-,28+/m1/s1. The summed E-state index contributed by atoms with van der Waals surface area (Å²) in [4.78, 5) is 15.4. The molecular formula is C28H36FN5O3S. The monoisotopic (exact) mass is 541 g/mol. The molecule has 0 unspecified atom stereocenters. The molecule has 0 amide bonds. The fourth-order valence-electron chi connectivity index (χ4n) is 5.77. The van der Waals surface area contributed by atoms with E-state index in [1.807, 2.05) is 12.3 Å². The van der Waals surface area contributed by atoms with Crippen LogP contribution in [0.25, 0.3) is 10.8 Å². The summed E-state index contributed by atoms with van der Waals surface area (Å²) in [6.45, 7) is 6.24. The SMILES string of the molecule is CC(C)c1ccc(C2CC(CS(C)(=O)=O)C2)c2cnc(Nc3ccnc(N4CC[C@@H](O)[C@@](C)(F)C4)n3)cc12. The van der Waals surface area contributed by atoms with E-state index >= 15 is 0 Å². The number of pyridine rings is 1. The minimum absolute atomic E-state index is 0.0264. The topological polar surface area (TPSA) is 108 Å². The number of nitrogens with zero attached hydrogens (tertiary/aromatic N) is 4. The predicted octanol–water partition coefficient (Wildman–Crippen LogP) is 4.73. The van der Waals surface area contributed by atoms with E-state index in [4.69, 9.17) is 0 Å². The molecule has 1 aliphatic heterocycles. The fourth-order valence-corrected chi connectivity index (χ4v) is 6.90. The van der Waals surface area contributed by atoms with Crippen molar-refractivity contribution in [3.63, 3.8) is 0 Å². The Balaban J connectivity index is 1.39. The largest absolute Gasteiger partial charge is 0.390 e. The number of fused-ring (bicyclic) bond motifs is 1. The highest BCUT2D eigenvalue weighted by Gasteiger charge is 2.40. The summed E-state index contributed by atoms with van der Waals surface area (Å²) in [7, 11) is -2.97. The number of halogens is 1. The Morgan fingerprint density at radius 2 is 1.95 bits per heavy atom. The second-order valence-corrected chi connectivity index (χ2v) is 13.7. The number of aliphatic hydroxyl groups is 1. The van der Waals surface area contributed by atoms with Crippen molar-refractivity contribution in [3.8, 4) is 0 Å². The molecule has 2 atom stereocenters. The van der Waals surface area contributed by atoms with E-state index in [2.05, 4.69) is 46.2 Å². The number of sulfone groups is 1. The summed E-state index contributed by atoms with van der Waals surface area (Å²) < 4.78 is 38.1. The Morgan fingerprint density at radius 1 is 1.18 bits per heavy atom. The lowest BCUT2D eigenvalue weighted by Gasteiger charge is -2.38. The summed E-state index contributed by atoms with van der Waals surface area (Å²) in [6.07, 6.45) is 5.90. The van der Waals surface area contributed by atoms with E-state index in [9.17, 15) is 17.9 Å². The molecule has 0 radical (unpaired) electrons. The Kier molecular flexibility index (Phi) is 7.06. The molecule has 2 aliphatic rings. The van der Waals surface area contributed by atoms with Gasteiger partial charge in [-0.2, -0.15) is 4.98 Å².